The molecule has 1 aliphatic heterocycles. The maximum Gasteiger partial charge on any atom is 0.310 e. The van der Waals surface area contributed by atoms with Crippen LogP contribution in [0.5, 0.6) is 0 Å². The number of aliphatic carboxylic acids is 1. The lowest BCUT2D eigenvalue weighted by atomic mass is 9.90. The molecule has 2 rings (SSSR count). The third kappa shape index (κ3) is 2.39. The Labute approximate surface area is 116 Å². The number of hydrogen-bond donors (Lipinski definition) is 1. The lowest BCUT2D eigenvalue weighted by Crippen LogP contribution is -2.34. The van der Waals surface area contributed by atoms with Crippen molar-refractivity contribution in [1.82, 2.24) is 9.29 Å². The number of aryl methyl sites for hydroxylation is 2. The summed E-state index contributed by atoms with van der Waals surface area (Å²) in [7, 11) is -3.63. The number of rotatable bonds is 3. The first kappa shape index (κ1) is 14.4. The van der Waals surface area contributed by atoms with Crippen LogP contribution in [0.4, 0.5) is 0 Å². The average Bonchev–Trinajstić information content (AvgIpc) is 2.84. The molecule has 8 heteroatoms. The fourth-order valence-corrected chi connectivity index (χ4v) is 5.35. The van der Waals surface area contributed by atoms with E-state index in [0.29, 0.717) is 17.1 Å². The molecule has 0 saturated carbocycles. The maximum absolute atomic E-state index is 12.5. The number of thiazole rings is 1. The van der Waals surface area contributed by atoms with Gasteiger partial charge in [-0.15, -0.1) is 11.3 Å². The normalized spacial score (nSPS) is 24.8. The quantitative estimate of drug-likeness (QED) is 0.908. The topological polar surface area (TPSA) is 87.6 Å². The van der Waals surface area contributed by atoms with E-state index in [-0.39, 0.29) is 17.3 Å². The van der Waals surface area contributed by atoms with Crippen LogP contribution in [0.2, 0.25) is 0 Å². The van der Waals surface area contributed by atoms with Gasteiger partial charge in [-0.25, -0.2) is 13.4 Å². The molecule has 1 aromatic rings. The van der Waals surface area contributed by atoms with Crippen molar-refractivity contribution in [3.05, 3.63) is 10.7 Å². The van der Waals surface area contributed by atoms with Gasteiger partial charge in [0.05, 0.1) is 16.1 Å². The molecule has 0 aromatic carbocycles. The molecule has 2 heterocycles. The van der Waals surface area contributed by atoms with Crippen LogP contribution >= 0.6 is 11.3 Å². The Balaban J connectivity index is 2.33. The third-order valence-electron chi connectivity index (χ3n) is 3.39. The van der Waals surface area contributed by atoms with Gasteiger partial charge in [0, 0.05) is 13.1 Å². The van der Waals surface area contributed by atoms with Crippen LogP contribution in [-0.4, -0.2) is 41.9 Å². The van der Waals surface area contributed by atoms with E-state index in [2.05, 4.69) is 4.98 Å². The molecular weight excluding hydrogens is 288 g/mol. The number of hydrogen-bond acceptors (Lipinski definition) is 5. The summed E-state index contributed by atoms with van der Waals surface area (Å²) in [6.45, 7) is 5.24. The Bertz CT molecular complexity index is 623. The molecule has 1 saturated heterocycles. The van der Waals surface area contributed by atoms with Crippen molar-refractivity contribution in [2.75, 3.05) is 13.1 Å². The van der Waals surface area contributed by atoms with E-state index in [9.17, 15) is 13.2 Å². The average molecular weight is 304 g/mol. The molecule has 106 valence electrons. The highest BCUT2D eigenvalue weighted by molar-refractivity contribution is 7.91. The fraction of sp³-hybridized carbons (Fsp3) is 0.636. The molecule has 0 amide bonds. The highest BCUT2D eigenvalue weighted by Gasteiger charge is 2.45. The molecule has 0 aliphatic carbocycles. The molecule has 19 heavy (non-hydrogen) atoms. The lowest BCUT2D eigenvalue weighted by molar-refractivity contribution is -0.146. The zero-order chi connectivity index (χ0) is 14.4. The second-order valence-corrected chi connectivity index (χ2v) is 8.40. The monoisotopic (exact) mass is 304 g/mol. The zero-order valence-electron chi connectivity index (χ0n) is 11.0. The van der Waals surface area contributed by atoms with E-state index >= 15 is 0 Å². The highest BCUT2D eigenvalue weighted by atomic mass is 32.2. The number of aromatic nitrogens is 1. The van der Waals surface area contributed by atoms with Crippen molar-refractivity contribution >= 4 is 27.3 Å². The van der Waals surface area contributed by atoms with E-state index in [4.69, 9.17) is 5.11 Å². The summed E-state index contributed by atoms with van der Waals surface area (Å²) >= 11 is 1.13. The summed E-state index contributed by atoms with van der Waals surface area (Å²) in [5.74, 6) is -0.956. The van der Waals surface area contributed by atoms with Crippen LogP contribution in [0.25, 0.3) is 0 Å². The number of sulfonamides is 1. The van der Waals surface area contributed by atoms with E-state index in [0.717, 1.165) is 11.3 Å². The molecule has 1 aliphatic rings. The minimum Gasteiger partial charge on any atom is -0.481 e. The molecule has 1 N–H and O–H groups in total. The van der Waals surface area contributed by atoms with E-state index in [1.54, 1.807) is 20.8 Å². The van der Waals surface area contributed by atoms with Crippen LogP contribution in [0.15, 0.2) is 4.21 Å². The van der Waals surface area contributed by atoms with Crippen LogP contribution < -0.4 is 0 Å². The Morgan fingerprint density at radius 2 is 2.11 bits per heavy atom. The second-order valence-electron chi connectivity index (χ2n) is 5.06. The van der Waals surface area contributed by atoms with Crippen LogP contribution in [0.3, 0.4) is 0 Å². The van der Waals surface area contributed by atoms with Gasteiger partial charge in [0.15, 0.2) is 4.21 Å². The summed E-state index contributed by atoms with van der Waals surface area (Å²) in [5, 5.41) is 9.85. The molecule has 0 spiro atoms. The van der Waals surface area contributed by atoms with Crippen molar-refractivity contribution in [3.63, 3.8) is 0 Å². The molecule has 0 bridgehead atoms. The molecule has 1 unspecified atom stereocenters. The standard InChI is InChI=1S/C11H16N2O4S2/c1-7-9(18-8(2)12-7)19(16,17)13-5-4-11(3,6-13)10(14)15/h4-6H2,1-3H3,(H,14,15). The molecule has 1 aromatic heterocycles. The first-order chi connectivity index (χ1) is 8.67. The van der Waals surface area contributed by atoms with E-state index in [1.165, 1.54) is 4.31 Å². The minimum atomic E-state index is -3.63. The molecule has 1 fully saturated rings. The van der Waals surface area contributed by atoms with Gasteiger partial charge in [-0.2, -0.15) is 4.31 Å². The van der Waals surface area contributed by atoms with Gasteiger partial charge < -0.3 is 5.11 Å². The predicted molar refractivity (Wildman–Crippen MR) is 70.7 cm³/mol. The third-order valence-corrected chi connectivity index (χ3v) is 6.89. The lowest BCUT2D eigenvalue weighted by Gasteiger charge is -2.19. The minimum absolute atomic E-state index is 0.0149. The van der Waals surface area contributed by atoms with Gasteiger partial charge in [-0.05, 0) is 27.2 Å². The smallest absolute Gasteiger partial charge is 0.310 e. The van der Waals surface area contributed by atoms with Crippen LogP contribution in [0.1, 0.15) is 24.0 Å². The van der Waals surface area contributed by atoms with Crippen LogP contribution in [0, 0.1) is 19.3 Å². The Morgan fingerprint density at radius 3 is 2.53 bits per heavy atom. The number of carboxylic acids is 1. The van der Waals surface area contributed by atoms with Gasteiger partial charge in [-0.1, -0.05) is 0 Å². The molecule has 1 atom stereocenters. The summed E-state index contributed by atoms with van der Waals surface area (Å²) in [6.07, 6.45) is 0.332. The van der Waals surface area contributed by atoms with Gasteiger partial charge >= 0.3 is 5.97 Å². The van der Waals surface area contributed by atoms with Gasteiger partial charge in [0.25, 0.3) is 10.0 Å². The highest BCUT2D eigenvalue weighted by Crippen LogP contribution is 2.35. The summed E-state index contributed by atoms with van der Waals surface area (Å²) in [5.41, 5.74) is -0.521. The summed E-state index contributed by atoms with van der Waals surface area (Å²) in [4.78, 5) is 15.3. The number of nitrogens with zero attached hydrogens (tertiary/aromatic N) is 2. The molecular formula is C11H16N2O4S2. The Kier molecular flexibility index (Phi) is 3.44. The number of carboxylic acid groups (broad SMARTS) is 1. The van der Waals surface area contributed by atoms with Crippen molar-refractivity contribution in [1.29, 1.82) is 0 Å². The Morgan fingerprint density at radius 1 is 1.47 bits per heavy atom. The second kappa shape index (κ2) is 4.53. The fourth-order valence-electron chi connectivity index (χ4n) is 2.17. The molecule has 0 radical (unpaired) electrons. The van der Waals surface area contributed by atoms with Crippen LogP contribution in [-0.2, 0) is 14.8 Å². The Hall–Kier alpha value is -0.990. The van der Waals surface area contributed by atoms with Crippen molar-refractivity contribution < 1.29 is 18.3 Å². The maximum atomic E-state index is 12.5. The first-order valence-electron chi connectivity index (χ1n) is 5.84. The van der Waals surface area contributed by atoms with E-state index in [1.807, 2.05) is 0 Å². The van der Waals surface area contributed by atoms with Gasteiger partial charge in [0.2, 0.25) is 0 Å². The van der Waals surface area contributed by atoms with Crippen molar-refractivity contribution in [2.24, 2.45) is 5.41 Å². The number of carbonyl (C=O) groups is 1. The zero-order valence-corrected chi connectivity index (χ0v) is 12.6. The summed E-state index contributed by atoms with van der Waals surface area (Å²) in [6, 6.07) is 0. The summed E-state index contributed by atoms with van der Waals surface area (Å²) < 4.78 is 26.4. The predicted octanol–water partition coefficient (Wildman–Crippen LogP) is 1.25. The van der Waals surface area contributed by atoms with Crippen molar-refractivity contribution in [2.45, 2.75) is 31.4 Å². The molecule has 6 nitrogen and oxygen atoms in total. The largest absolute Gasteiger partial charge is 0.481 e. The van der Waals surface area contributed by atoms with E-state index < -0.39 is 21.4 Å². The van der Waals surface area contributed by atoms with Gasteiger partial charge in [0.1, 0.15) is 0 Å². The first-order valence-corrected chi connectivity index (χ1v) is 8.10. The SMILES string of the molecule is Cc1nc(C)c(S(=O)(=O)N2CCC(C)(C(=O)O)C2)s1. The van der Waals surface area contributed by atoms with Gasteiger partial charge in [-0.3, -0.25) is 4.79 Å². The van der Waals surface area contributed by atoms with Crippen molar-refractivity contribution in [3.8, 4) is 0 Å².